The molecule has 0 aromatic heterocycles. The Labute approximate surface area is 186 Å². The number of likely N-dealkylation sites (tertiary alicyclic amines) is 1. The molecule has 0 aliphatic carbocycles. The van der Waals surface area contributed by atoms with Gasteiger partial charge in [-0.25, -0.2) is 0 Å². The fourth-order valence-electron chi connectivity index (χ4n) is 5.48. The molecular weight excluding hydrogens is 410 g/mol. The minimum atomic E-state index is -0.930. The van der Waals surface area contributed by atoms with Crippen LogP contribution in [0.2, 0.25) is 0 Å². The van der Waals surface area contributed by atoms with Crippen molar-refractivity contribution in [1.82, 2.24) is 15.1 Å². The Kier molecular flexibility index (Phi) is 5.25. The molecule has 1 aromatic rings. The van der Waals surface area contributed by atoms with Crippen LogP contribution < -0.4 is 16.0 Å². The lowest BCUT2D eigenvalue weighted by Gasteiger charge is -2.55. The summed E-state index contributed by atoms with van der Waals surface area (Å²) < 4.78 is 0. The first kappa shape index (κ1) is 21.1. The zero-order chi connectivity index (χ0) is 22.5. The molecule has 170 valence electrons. The maximum atomic E-state index is 13.0. The molecule has 4 aliphatic rings. The fraction of sp³-hybridized carbons (Fsp3) is 0.565. The third-order valence-electron chi connectivity index (χ3n) is 7.44. The van der Waals surface area contributed by atoms with Crippen molar-refractivity contribution in [1.29, 1.82) is 0 Å². The van der Waals surface area contributed by atoms with Gasteiger partial charge in [-0.1, -0.05) is 0 Å². The maximum Gasteiger partial charge on any atom is 0.262 e. The molecule has 5 rings (SSSR count). The van der Waals surface area contributed by atoms with Gasteiger partial charge in [0, 0.05) is 30.6 Å². The van der Waals surface area contributed by atoms with E-state index < -0.39 is 23.8 Å². The summed E-state index contributed by atoms with van der Waals surface area (Å²) in [4.78, 5) is 55.3. The highest BCUT2D eigenvalue weighted by Gasteiger charge is 2.47. The van der Waals surface area contributed by atoms with Crippen LogP contribution in [0.4, 0.5) is 5.69 Å². The molecule has 4 heterocycles. The summed E-state index contributed by atoms with van der Waals surface area (Å²) in [5.41, 5.74) is 7.56. The highest BCUT2D eigenvalue weighted by atomic mass is 16.2. The molecular formula is C23H29N5O4. The van der Waals surface area contributed by atoms with Gasteiger partial charge in [0.15, 0.2) is 0 Å². The van der Waals surface area contributed by atoms with Gasteiger partial charge in [0.1, 0.15) is 6.04 Å². The van der Waals surface area contributed by atoms with Crippen LogP contribution in [0.15, 0.2) is 18.2 Å². The van der Waals surface area contributed by atoms with Gasteiger partial charge in [0.05, 0.1) is 11.1 Å². The molecule has 0 bridgehead atoms. The lowest BCUT2D eigenvalue weighted by atomic mass is 9.71. The molecule has 3 saturated heterocycles. The second-order valence-corrected chi connectivity index (χ2v) is 9.52. The second-order valence-electron chi connectivity index (χ2n) is 9.52. The molecule has 3 N–H and O–H groups in total. The van der Waals surface area contributed by atoms with Crippen molar-refractivity contribution in [3.8, 4) is 0 Å². The number of anilines is 1. The third-order valence-corrected chi connectivity index (χ3v) is 7.44. The van der Waals surface area contributed by atoms with Gasteiger partial charge < -0.3 is 15.5 Å². The molecule has 1 unspecified atom stereocenters. The van der Waals surface area contributed by atoms with E-state index in [1.807, 2.05) is 6.07 Å². The molecule has 1 aromatic carbocycles. The monoisotopic (exact) mass is 439 g/mol. The number of rotatable bonds is 5. The minimum absolute atomic E-state index is 0.120. The van der Waals surface area contributed by atoms with Gasteiger partial charge in [0.25, 0.3) is 11.8 Å². The van der Waals surface area contributed by atoms with Crippen molar-refractivity contribution in [3.63, 3.8) is 0 Å². The number of imide groups is 2. The Hall–Kier alpha value is -2.78. The highest BCUT2D eigenvalue weighted by molar-refractivity contribution is 6.23. The highest BCUT2D eigenvalue weighted by Crippen LogP contribution is 2.43. The lowest BCUT2D eigenvalue weighted by Crippen LogP contribution is -2.60. The topological polar surface area (TPSA) is 116 Å². The number of fused-ring (bicyclic) bond motifs is 1. The Morgan fingerprint density at radius 1 is 1.03 bits per heavy atom. The van der Waals surface area contributed by atoms with E-state index in [4.69, 9.17) is 5.73 Å². The predicted molar refractivity (Wildman–Crippen MR) is 117 cm³/mol. The molecule has 9 nitrogen and oxygen atoms in total. The quantitative estimate of drug-likeness (QED) is 0.636. The predicted octanol–water partition coefficient (Wildman–Crippen LogP) is 0.339. The second kappa shape index (κ2) is 7.97. The fourth-order valence-corrected chi connectivity index (χ4v) is 5.48. The Morgan fingerprint density at radius 3 is 2.44 bits per heavy atom. The van der Waals surface area contributed by atoms with E-state index in [9.17, 15) is 19.2 Å². The van der Waals surface area contributed by atoms with Crippen molar-refractivity contribution in [3.05, 3.63) is 29.3 Å². The molecule has 32 heavy (non-hydrogen) atoms. The number of carbonyl (C=O) groups excluding carboxylic acids is 4. The van der Waals surface area contributed by atoms with Crippen molar-refractivity contribution >= 4 is 29.3 Å². The van der Waals surface area contributed by atoms with E-state index in [1.165, 1.54) is 12.8 Å². The maximum absolute atomic E-state index is 13.0. The number of carbonyl (C=O) groups is 4. The van der Waals surface area contributed by atoms with Crippen LogP contribution in [0.3, 0.4) is 0 Å². The standard InChI is InChI=1S/C23H29N5O4/c24-8-1-9-26-10-6-23(7-11-26)13-27(14-23)15-2-3-16-17(12-15)22(32)28(21(16)31)18-4-5-19(29)25-20(18)30/h2-3,12,18H,1,4-11,13-14,24H2,(H,25,29,30). The van der Waals surface area contributed by atoms with Crippen LogP contribution in [0.1, 0.15) is 52.8 Å². The van der Waals surface area contributed by atoms with Gasteiger partial charge in [0.2, 0.25) is 11.8 Å². The normalized spacial score (nSPS) is 25.2. The van der Waals surface area contributed by atoms with Crippen molar-refractivity contribution in [2.24, 2.45) is 11.1 Å². The average Bonchev–Trinajstić information content (AvgIpc) is 3.01. The van der Waals surface area contributed by atoms with Crippen molar-refractivity contribution in [2.75, 3.05) is 44.2 Å². The largest absolute Gasteiger partial charge is 0.370 e. The number of benzene rings is 1. The van der Waals surface area contributed by atoms with Crippen LogP contribution >= 0.6 is 0 Å². The first-order valence-electron chi connectivity index (χ1n) is 11.4. The van der Waals surface area contributed by atoms with Crippen LogP contribution in [0.25, 0.3) is 0 Å². The number of hydrogen-bond donors (Lipinski definition) is 2. The summed E-state index contributed by atoms with van der Waals surface area (Å²) >= 11 is 0. The first-order valence-corrected chi connectivity index (χ1v) is 11.4. The summed E-state index contributed by atoms with van der Waals surface area (Å²) in [5, 5.41) is 2.23. The van der Waals surface area contributed by atoms with Gasteiger partial charge in [-0.15, -0.1) is 0 Å². The molecule has 9 heteroatoms. The van der Waals surface area contributed by atoms with E-state index >= 15 is 0 Å². The van der Waals surface area contributed by atoms with E-state index in [0.717, 1.165) is 56.3 Å². The molecule has 3 fully saturated rings. The SMILES string of the molecule is NCCCN1CCC2(CC1)CN(c1ccc3c(c1)C(=O)N(C1CCC(=O)NC1=O)C3=O)C2. The van der Waals surface area contributed by atoms with Gasteiger partial charge in [-0.3, -0.25) is 29.4 Å². The van der Waals surface area contributed by atoms with Crippen molar-refractivity contribution < 1.29 is 19.2 Å². The summed E-state index contributed by atoms with van der Waals surface area (Å²) in [6, 6.07) is 4.43. The number of amides is 4. The molecule has 4 amide bonds. The molecule has 0 radical (unpaired) electrons. The Morgan fingerprint density at radius 2 is 1.75 bits per heavy atom. The van der Waals surface area contributed by atoms with E-state index in [-0.39, 0.29) is 18.7 Å². The van der Waals surface area contributed by atoms with Crippen LogP contribution in [0.5, 0.6) is 0 Å². The smallest absolute Gasteiger partial charge is 0.262 e. The van der Waals surface area contributed by atoms with Gasteiger partial charge in [-0.2, -0.15) is 0 Å². The average molecular weight is 440 g/mol. The van der Waals surface area contributed by atoms with Crippen LogP contribution in [-0.4, -0.2) is 78.7 Å². The van der Waals surface area contributed by atoms with E-state index in [1.54, 1.807) is 12.1 Å². The number of piperidine rings is 2. The summed E-state index contributed by atoms with van der Waals surface area (Å²) in [6.07, 6.45) is 3.66. The summed E-state index contributed by atoms with van der Waals surface area (Å²) in [6.45, 7) is 5.92. The molecule has 1 atom stereocenters. The molecule has 1 spiro atoms. The number of hydrogen-bond acceptors (Lipinski definition) is 7. The zero-order valence-electron chi connectivity index (χ0n) is 18.1. The van der Waals surface area contributed by atoms with Gasteiger partial charge in [-0.05, 0) is 70.1 Å². The number of nitrogens with zero attached hydrogens (tertiary/aromatic N) is 3. The van der Waals surface area contributed by atoms with Gasteiger partial charge >= 0.3 is 0 Å². The van der Waals surface area contributed by atoms with E-state index in [0.29, 0.717) is 16.5 Å². The molecule has 0 saturated carbocycles. The number of nitrogens with two attached hydrogens (primary N) is 1. The first-order chi connectivity index (χ1) is 15.4. The Balaban J connectivity index is 1.25. The lowest BCUT2D eigenvalue weighted by molar-refractivity contribution is -0.136. The number of nitrogens with one attached hydrogen (secondary N) is 1. The summed E-state index contributed by atoms with van der Waals surface area (Å²) in [7, 11) is 0. The zero-order valence-corrected chi connectivity index (χ0v) is 18.1. The summed E-state index contributed by atoms with van der Waals surface area (Å²) in [5.74, 6) is -1.87. The van der Waals surface area contributed by atoms with Crippen molar-refractivity contribution in [2.45, 2.75) is 38.1 Å². The van der Waals surface area contributed by atoms with Crippen LogP contribution in [0, 0.1) is 5.41 Å². The Bertz CT molecular complexity index is 977. The third kappa shape index (κ3) is 3.49. The van der Waals surface area contributed by atoms with Crippen LogP contribution in [-0.2, 0) is 9.59 Å². The minimum Gasteiger partial charge on any atom is -0.370 e. The molecule has 4 aliphatic heterocycles. The van der Waals surface area contributed by atoms with E-state index in [2.05, 4.69) is 15.1 Å².